The van der Waals surface area contributed by atoms with E-state index in [2.05, 4.69) is 29.4 Å². The van der Waals surface area contributed by atoms with Gasteiger partial charge in [0.2, 0.25) is 5.91 Å². The third-order valence-corrected chi connectivity index (χ3v) is 5.96. The van der Waals surface area contributed by atoms with Crippen molar-refractivity contribution in [2.24, 2.45) is 0 Å². The molecule has 6 nitrogen and oxygen atoms in total. The minimum atomic E-state index is -0.933. The summed E-state index contributed by atoms with van der Waals surface area (Å²) >= 11 is 0. The molecule has 3 aromatic carbocycles. The van der Waals surface area contributed by atoms with Gasteiger partial charge in [0.15, 0.2) is 0 Å². The monoisotopic (exact) mass is 411 g/mol. The van der Waals surface area contributed by atoms with E-state index in [1.165, 1.54) is 5.56 Å². The zero-order chi connectivity index (χ0) is 21.7. The number of hydrogen-bond donors (Lipinski definition) is 2. The number of H-pyrrole nitrogens is 1. The Morgan fingerprint density at radius 1 is 0.968 bits per heavy atom. The van der Waals surface area contributed by atoms with Gasteiger partial charge in [-0.3, -0.25) is 19.3 Å². The summed E-state index contributed by atoms with van der Waals surface area (Å²) < 4.78 is 0. The highest BCUT2D eigenvalue weighted by atomic mass is 16.2. The van der Waals surface area contributed by atoms with Crippen molar-refractivity contribution in [3.8, 4) is 0 Å². The Morgan fingerprint density at radius 2 is 1.68 bits per heavy atom. The number of fused-ring (bicyclic) bond motifs is 4. The van der Waals surface area contributed by atoms with Crippen LogP contribution in [0.1, 0.15) is 40.1 Å². The maximum Gasteiger partial charge on any atom is 0.262 e. The lowest BCUT2D eigenvalue weighted by Gasteiger charge is -2.21. The molecule has 1 unspecified atom stereocenters. The van der Waals surface area contributed by atoms with Gasteiger partial charge in [0.25, 0.3) is 11.8 Å². The van der Waals surface area contributed by atoms with E-state index in [-0.39, 0.29) is 0 Å². The maximum absolute atomic E-state index is 12.9. The molecule has 1 aliphatic heterocycles. The lowest BCUT2D eigenvalue weighted by atomic mass is 10.1. The van der Waals surface area contributed by atoms with E-state index < -0.39 is 23.8 Å². The molecule has 0 aliphatic carbocycles. The first kappa shape index (κ1) is 19.1. The van der Waals surface area contributed by atoms with Crippen LogP contribution in [-0.2, 0) is 11.2 Å². The second kappa shape index (κ2) is 7.09. The largest absolute Gasteiger partial charge is 0.354 e. The van der Waals surface area contributed by atoms with Crippen LogP contribution in [-0.4, -0.2) is 33.6 Å². The fourth-order valence-corrected chi connectivity index (χ4v) is 4.29. The Hall–Kier alpha value is -3.93. The van der Waals surface area contributed by atoms with Crippen molar-refractivity contribution in [1.29, 1.82) is 0 Å². The first-order chi connectivity index (χ1) is 15.0. The average molecular weight is 411 g/mol. The number of anilines is 1. The maximum atomic E-state index is 12.9. The van der Waals surface area contributed by atoms with Crippen molar-refractivity contribution in [3.05, 3.63) is 77.4 Å². The zero-order valence-corrected chi connectivity index (χ0v) is 17.2. The van der Waals surface area contributed by atoms with Gasteiger partial charge in [-0.25, -0.2) is 0 Å². The van der Waals surface area contributed by atoms with Crippen LogP contribution >= 0.6 is 0 Å². The SMILES string of the molecule is CCc1cccc2c1[nH]c1cc(NC(=O)C(C)N3C(=O)c4ccccc4C3=O)ccc12. The number of amides is 3. The van der Waals surface area contributed by atoms with E-state index >= 15 is 0 Å². The van der Waals surface area contributed by atoms with Gasteiger partial charge in [-0.05, 0) is 43.2 Å². The van der Waals surface area contributed by atoms with Gasteiger partial charge in [0.05, 0.1) is 11.1 Å². The number of aromatic nitrogens is 1. The predicted octanol–water partition coefficient (Wildman–Crippen LogP) is 4.51. The molecule has 5 rings (SSSR count). The molecule has 1 aliphatic rings. The molecule has 2 N–H and O–H groups in total. The second-order valence-electron chi connectivity index (χ2n) is 7.77. The third kappa shape index (κ3) is 2.91. The molecule has 154 valence electrons. The second-order valence-corrected chi connectivity index (χ2v) is 7.77. The first-order valence-electron chi connectivity index (χ1n) is 10.3. The first-order valence-corrected chi connectivity index (χ1v) is 10.3. The number of imide groups is 1. The normalized spacial score (nSPS) is 14.3. The van der Waals surface area contributed by atoms with Crippen molar-refractivity contribution in [1.82, 2.24) is 9.88 Å². The smallest absolute Gasteiger partial charge is 0.262 e. The van der Waals surface area contributed by atoms with E-state index in [1.54, 1.807) is 31.2 Å². The van der Waals surface area contributed by atoms with Crippen LogP contribution < -0.4 is 5.32 Å². The average Bonchev–Trinajstić information content (AvgIpc) is 3.28. The van der Waals surface area contributed by atoms with E-state index in [1.807, 2.05) is 24.3 Å². The van der Waals surface area contributed by atoms with Gasteiger partial charge >= 0.3 is 0 Å². The number of benzene rings is 3. The van der Waals surface area contributed by atoms with E-state index in [0.717, 1.165) is 33.1 Å². The standard InChI is InChI=1S/C25H21N3O3/c1-3-15-7-6-10-18-17-12-11-16(13-21(17)27-22(15)18)26-23(29)14(2)28-24(30)19-8-4-5-9-20(19)25(28)31/h4-14,27H,3H2,1-2H3,(H,26,29). The molecule has 0 saturated carbocycles. The van der Waals surface area contributed by atoms with Crippen molar-refractivity contribution in [3.63, 3.8) is 0 Å². The Labute approximate surface area is 178 Å². The molecule has 0 radical (unpaired) electrons. The summed E-state index contributed by atoms with van der Waals surface area (Å²) in [4.78, 5) is 42.7. The molecule has 0 saturated heterocycles. The number of aromatic amines is 1. The molecule has 1 aromatic heterocycles. The van der Waals surface area contributed by atoms with Crippen LogP contribution in [0.3, 0.4) is 0 Å². The van der Waals surface area contributed by atoms with Gasteiger partial charge < -0.3 is 10.3 Å². The van der Waals surface area contributed by atoms with Crippen LogP contribution in [0.15, 0.2) is 60.7 Å². The quantitative estimate of drug-likeness (QED) is 0.485. The summed E-state index contributed by atoms with van der Waals surface area (Å²) in [6, 6.07) is 17.6. The molecule has 0 bridgehead atoms. The van der Waals surface area contributed by atoms with E-state index in [4.69, 9.17) is 0 Å². The molecule has 31 heavy (non-hydrogen) atoms. The van der Waals surface area contributed by atoms with Crippen LogP contribution in [0, 0.1) is 0 Å². The Morgan fingerprint density at radius 3 is 2.35 bits per heavy atom. The molecular weight excluding hydrogens is 390 g/mol. The summed E-state index contributed by atoms with van der Waals surface area (Å²) in [5.74, 6) is -1.30. The van der Waals surface area contributed by atoms with E-state index in [0.29, 0.717) is 16.8 Å². The highest BCUT2D eigenvalue weighted by Crippen LogP contribution is 2.30. The number of nitrogens with one attached hydrogen (secondary N) is 2. The van der Waals surface area contributed by atoms with Gasteiger partial charge in [-0.2, -0.15) is 0 Å². The number of aryl methyl sites for hydroxylation is 1. The van der Waals surface area contributed by atoms with E-state index in [9.17, 15) is 14.4 Å². The fraction of sp³-hybridized carbons (Fsp3) is 0.160. The highest BCUT2D eigenvalue weighted by Gasteiger charge is 2.40. The molecular formula is C25H21N3O3. The minimum absolute atomic E-state index is 0.332. The van der Waals surface area contributed by atoms with Crippen LogP contribution in [0.4, 0.5) is 5.69 Å². The Balaban J connectivity index is 1.42. The summed E-state index contributed by atoms with van der Waals surface area (Å²) in [7, 11) is 0. The molecule has 0 fully saturated rings. The number of para-hydroxylation sites is 1. The van der Waals surface area contributed by atoms with Gasteiger partial charge in [-0.1, -0.05) is 43.3 Å². The number of carbonyl (C=O) groups excluding carboxylic acids is 3. The van der Waals surface area contributed by atoms with Crippen LogP contribution in [0.5, 0.6) is 0 Å². The number of carbonyl (C=O) groups is 3. The summed E-state index contributed by atoms with van der Waals surface area (Å²) in [6.07, 6.45) is 0.922. The number of hydrogen-bond acceptors (Lipinski definition) is 3. The van der Waals surface area contributed by atoms with Gasteiger partial charge in [0, 0.05) is 27.5 Å². The highest BCUT2D eigenvalue weighted by molar-refractivity contribution is 6.23. The third-order valence-electron chi connectivity index (χ3n) is 5.96. The van der Waals surface area contributed by atoms with Gasteiger partial charge in [-0.15, -0.1) is 0 Å². The number of rotatable bonds is 4. The fourth-order valence-electron chi connectivity index (χ4n) is 4.29. The minimum Gasteiger partial charge on any atom is -0.354 e. The summed E-state index contributed by atoms with van der Waals surface area (Å²) in [5, 5.41) is 5.07. The zero-order valence-electron chi connectivity index (χ0n) is 17.2. The van der Waals surface area contributed by atoms with Crippen molar-refractivity contribution < 1.29 is 14.4 Å². The van der Waals surface area contributed by atoms with Gasteiger partial charge in [0.1, 0.15) is 6.04 Å². The van der Waals surface area contributed by atoms with Crippen molar-refractivity contribution in [2.75, 3.05) is 5.32 Å². The lowest BCUT2D eigenvalue weighted by molar-refractivity contribution is -0.119. The summed E-state index contributed by atoms with van der Waals surface area (Å²) in [6.45, 7) is 3.68. The number of nitrogens with zero attached hydrogens (tertiary/aromatic N) is 1. The van der Waals surface area contributed by atoms with Crippen LogP contribution in [0.25, 0.3) is 21.8 Å². The Bertz CT molecular complexity index is 1350. The molecule has 1 atom stereocenters. The molecule has 2 heterocycles. The molecule has 6 heteroatoms. The predicted molar refractivity (Wildman–Crippen MR) is 120 cm³/mol. The lowest BCUT2D eigenvalue weighted by Crippen LogP contribution is -2.45. The Kier molecular flexibility index (Phi) is 4.36. The van der Waals surface area contributed by atoms with Crippen molar-refractivity contribution in [2.45, 2.75) is 26.3 Å². The molecule has 4 aromatic rings. The summed E-state index contributed by atoms with van der Waals surface area (Å²) in [5.41, 5.74) is 4.52. The molecule has 0 spiro atoms. The molecule has 3 amide bonds. The topological polar surface area (TPSA) is 82.3 Å². The van der Waals surface area contributed by atoms with Crippen molar-refractivity contribution >= 4 is 45.2 Å². The van der Waals surface area contributed by atoms with Crippen LogP contribution in [0.2, 0.25) is 0 Å².